The van der Waals surface area contributed by atoms with Gasteiger partial charge < -0.3 is 5.73 Å². The average Bonchev–Trinajstić information content (AvgIpc) is 2.16. The number of nitrogen functional groups attached to an aromatic ring is 1. The first-order valence-electron chi connectivity index (χ1n) is 4.25. The Bertz CT molecular complexity index is 620. The Balaban J connectivity index is 2.88. The van der Waals surface area contributed by atoms with E-state index in [0.29, 0.717) is 5.39 Å². The van der Waals surface area contributed by atoms with Gasteiger partial charge in [-0.25, -0.2) is 0 Å². The molecule has 0 unspecified atom stereocenters. The molecule has 0 radical (unpaired) electrons. The van der Waals surface area contributed by atoms with Crippen LogP contribution in [0.15, 0.2) is 41.3 Å². The molecular formula is C10H9NO3S. The fraction of sp³-hybridized carbons (Fsp3) is 0. The quantitative estimate of drug-likeness (QED) is 0.569. The molecule has 0 saturated heterocycles. The van der Waals surface area contributed by atoms with Crippen molar-refractivity contribution >= 4 is 26.6 Å². The Hall–Kier alpha value is -1.59. The first-order chi connectivity index (χ1) is 7.00. The van der Waals surface area contributed by atoms with Gasteiger partial charge in [-0.3, -0.25) is 4.55 Å². The van der Waals surface area contributed by atoms with Crippen LogP contribution in [0.5, 0.6) is 0 Å². The van der Waals surface area contributed by atoms with Gasteiger partial charge in [0.1, 0.15) is 4.90 Å². The molecule has 0 fully saturated rings. The van der Waals surface area contributed by atoms with Crippen molar-refractivity contribution in [2.45, 2.75) is 4.90 Å². The lowest BCUT2D eigenvalue weighted by Crippen LogP contribution is -2.03. The van der Waals surface area contributed by atoms with Crippen LogP contribution in [0.1, 0.15) is 0 Å². The maximum atomic E-state index is 11.0. The molecule has 0 spiro atoms. The summed E-state index contributed by atoms with van der Waals surface area (Å²) in [6, 6.07) is 10.0. The topological polar surface area (TPSA) is 80.4 Å². The van der Waals surface area contributed by atoms with Crippen LogP contribution in [-0.2, 0) is 10.1 Å². The highest BCUT2D eigenvalue weighted by Crippen LogP contribution is 2.27. The normalized spacial score (nSPS) is 11.8. The number of anilines is 1. The van der Waals surface area contributed by atoms with E-state index >= 15 is 0 Å². The summed E-state index contributed by atoms with van der Waals surface area (Å²) in [6.07, 6.45) is 0. The molecule has 0 atom stereocenters. The van der Waals surface area contributed by atoms with Crippen LogP contribution < -0.4 is 5.73 Å². The molecule has 3 N–H and O–H groups in total. The second kappa shape index (κ2) is 3.22. The van der Waals surface area contributed by atoms with Gasteiger partial charge in [-0.15, -0.1) is 0 Å². The molecule has 0 amide bonds. The molecule has 2 aromatic carbocycles. The van der Waals surface area contributed by atoms with E-state index in [2.05, 4.69) is 0 Å². The number of fused-ring (bicyclic) bond motifs is 1. The highest BCUT2D eigenvalue weighted by molar-refractivity contribution is 7.86. The molecule has 0 aliphatic carbocycles. The molecule has 78 valence electrons. The Morgan fingerprint density at radius 2 is 1.73 bits per heavy atom. The van der Waals surface area contributed by atoms with Crippen LogP contribution >= 0.6 is 0 Å². The molecule has 0 heterocycles. The van der Waals surface area contributed by atoms with Crippen molar-refractivity contribution in [1.82, 2.24) is 0 Å². The maximum absolute atomic E-state index is 11.0. The van der Waals surface area contributed by atoms with Gasteiger partial charge >= 0.3 is 0 Å². The first-order valence-corrected chi connectivity index (χ1v) is 5.69. The average molecular weight is 223 g/mol. The Morgan fingerprint density at radius 1 is 1.07 bits per heavy atom. The molecule has 4 nitrogen and oxygen atoms in total. The van der Waals surface area contributed by atoms with Crippen LogP contribution in [0.25, 0.3) is 10.8 Å². The molecular weight excluding hydrogens is 214 g/mol. The zero-order chi connectivity index (χ0) is 11.1. The lowest BCUT2D eigenvalue weighted by Gasteiger charge is -2.05. The van der Waals surface area contributed by atoms with Crippen molar-refractivity contribution in [3.8, 4) is 0 Å². The molecule has 2 aromatic rings. The summed E-state index contributed by atoms with van der Waals surface area (Å²) in [6.45, 7) is 0. The maximum Gasteiger partial charge on any atom is 0.296 e. The molecule has 5 heteroatoms. The number of benzene rings is 2. The molecule has 0 aliphatic rings. The first kappa shape index (κ1) is 9.95. The van der Waals surface area contributed by atoms with Crippen molar-refractivity contribution in [3.05, 3.63) is 36.4 Å². The fourth-order valence-electron chi connectivity index (χ4n) is 1.50. The van der Waals surface area contributed by atoms with Gasteiger partial charge in [-0.2, -0.15) is 8.42 Å². The summed E-state index contributed by atoms with van der Waals surface area (Å²) >= 11 is 0. The fourth-order valence-corrected chi connectivity index (χ4v) is 2.13. The van der Waals surface area contributed by atoms with Gasteiger partial charge in [0.25, 0.3) is 10.1 Å². The second-order valence-electron chi connectivity index (χ2n) is 3.17. The highest BCUT2D eigenvalue weighted by Gasteiger charge is 2.15. The van der Waals surface area contributed by atoms with Gasteiger partial charge in [0, 0.05) is 5.39 Å². The third kappa shape index (κ3) is 1.67. The Kier molecular flexibility index (Phi) is 2.13. The number of rotatable bonds is 1. The minimum Gasteiger partial charge on any atom is -0.397 e. The summed E-state index contributed by atoms with van der Waals surface area (Å²) in [5.41, 5.74) is 5.75. The lowest BCUT2D eigenvalue weighted by molar-refractivity contribution is 0.484. The lowest BCUT2D eigenvalue weighted by atomic mass is 10.1. The van der Waals surface area contributed by atoms with Gasteiger partial charge in [0.2, 0.25) is 0 Å². The van der Waals surface area contributed by atoms with E-state index in [-0.39, 0.29) is 10.6 Å². The van der Waals surface area contributed by atoms with Gasteiger partial charge in [0.15, 0.2) is 0 Å². The van der Waals surface area contributed by atoms with Crippen molar-refractivity contribution in [3.63, 3.8) is 0 Å². The minimum absolute atomic E-state index is 0.0793. The largest absolute Gasteiger partial charge is 0.397 e. The Labute approximate surface area is 87.1 Å². The monoisotopic (exact) mass is 223 g/mol. The summed E-state index contributed by atoms with van der Waals surface area (Å²) < 4.78 is 30.9. The number of hydrogen-bond donors (Lipinski definition) is 2. The molecule has 0 saturated carbocycles. The van der Waals surface area contributed by atoms with Crippen LogP contribution in [0.3, 0.4) is 0 Å². The predicted octanol–water partition coefficient (Wildman–Crippen LogP) is 1.67. The van der Waals surface area contributed by atoms with Crippen molar-refractivity contribution < 1.29 is 13.0 Å². The third-order valence-electron chi connectivity index (χ3n) is 2.21. The van der Waals surface area contributed by atoms with E-state index in [1.807, 2.05) is 12.1 Å². The van der Waals surface area contributed by atoms with Crippen LogP contribution in [0.4, 0.5) is 5.69 Å². The van der Waals surface area contributed by atoms with E-state index in [1.165, 1.54) is 6.07 Å². The third-order valence-corrected chi connectivity index (χ3v) is 3.12. The van der Waals surface area contributed by atoms with Crippen LogP contribution in [0.2, 0.25) is 0 Å². The smallest absolute Gasteiger partial charge is 0.296 e. The van der Waals surface area contributed by atoms with Crippen molar-refractivity contribution in [2.24, 2.45) is 0 Å². The zero-order valence-corrected chi connectivity index (χ0v) is 8.53. The van der Waals surface area contributed by atoms with E-state index in [4.69, 9.17) is 10.3 Å². The van der Waals surface area contributed by atoms with E-state index in [9.17, 15) is 8.42 Å². The SMILES string of the molecule is Nc1c(S(=O)(=O)O)ccc2ccccc12. The van der Waals surface area contributed by atoms with Crippen LogP contribution in [-0.4, -0.2) is 13.0 Å². The van der Waals surface area contributed by atoms with Crippen molar-refractivity contribution in [1.29, 1.82) is 0 Å². The van der Waals surface area contributed by atoms with Gasteiger partial charge in [0.05, 0.1) is 5.69 Å². The Morgan fingerprint density at radius 3 is 2.40 bits per heavy atom. The van der Waals surface area contributed by atoms with Gasteiger partial charge in [-0.05, 0) is 11.5 Å². The number of nitrogens with two attached hydrogens (primary N) is 1. The van der Waals surface area contributed by atoms with E-state index in [1.54, 1.807) is 18.2 Å². The summed E-state index contributed by atoms with van der Waals surface area (Å²) in [5, 5.41) is 1.45. The van der Waals surface area contributed by atoms with Crippen LogP contribution in [0, 0.1) is 0 Å². The molecule has 2 rings (SSSR count). The predicted molar refractivity (Wildman–Crippen MR) is 58.2 cm³/mol. The summed E-state index contributed by atoms with van der Waals surface area (Å²) in [5.74, 6) is 0. The van der Waals surface area contributed by atoms with Crippen molar-refractivity contribution in [2.75, 3.05) is 5.73 Å². The van der Waals surface area contributed by atoms with Gasteiger partial charge in [-0.1, -0.05) is 30.3 Å². The highest BCUT2D eigenvalue weighted by atomic mass is 32.2. The molecule has 15 heavy (non-hydrogen) atoms. The molecule has 0 bridgehead atoms. The summed E-state index contributed by atoms with van der Waals surface area (Å²) in [4.78, 5) is -0.249. The standard InChI is InChI=1S/C10H9NO3S/c11-10-8-4-2-1-3-7(8)5-6-9(10)15(12,13)14/h1-6H,11H2,(H,12,13,14). The summed E-state index contributed by atoms with van der Waals surface area (Å²) in [7, 11) is -4.25. The molecule has 0 aromatic heterocycles. The minimum atomic E-state index is -4.25. The van der Waals surface area contributed by atoms with E-state index in [0.717, 1.165) is 5.39 Å². The molecule has 0 aliphatic heterocycles. The zero-order valence-electron chi connectivity index (χ0n) is 7.71. The van der Waals surface area contributed by atoms with E-state index < -0.39 is 10.1 Å². The number of hydrogen-bond acceptors (Lipinski definition) is 3. The second-order valence-corrected chi connectivity index (χ2v) is 4.56.